The highest BCUT2D eigenvalue weighted by molar-refractivity contribution is 14.0. The van der Waals surface area contributed by atoms with Gasteiger partial charge in [0.25, 0.3) is 0 Å². The zero-order valence-corrected chi connectivity index (χ0v) is 19.3. The van der Waals surface area contributed by atoms with Crippen LogP contribution in [0.25, 0.3) is 0 Å². The second-order valence-corrected chi connectivity index (χ2v) is 6.91. The lowest BCUT2D eigenvalue weighted by Gasteiger charge is -2.15. The van der Waals surface area contributed by atoms with Crippen LogP contribution < -0.4 is 20.5 Å². The van der Waals surface area contributed by atoms with E-state index in [1.165, 1.54) is 31.5 Å². The van der Waals surface area contributed by atoms with Crippen LogP contribution in [-0.4, -0.2) is 50.8 Å². The van der Waals surface area contributed by atoms with Gasteiger partial charge >= 0.3 is 0 Å². The van der Waals surface area contributed by atoms with Crippen molar-refractivity contribution in [2.24, 2.45) is 10.7 Å². The van der Waals surface area contributed by atoms with Gasteiger partial charge in [-0.25, -0.2) is 0 Å². The average molecular weight is 510 g/mol. The summed E-state index contributed by atoms with van der Waals surface area (Å²) in [6.45, 7) is 4.80. The van der Waals surface area contributed by atoms with Gasteiger partial charge in [-0.3, -0.25) is 9.89 Å². The molecule has 0 amide bonds. The van der Waals surface area contributed by atoms with Gasteiger partial charge < -0.3 is 20.5 Å². The smallest absolute Gasteiger partial charge is 0.193 e. The number of nitrogens with two attached hydrogens (primary N) is 1. The molecule has 0 spiro atoms. The Hall–Kier alpha value is -2.00. The van der Waals surface area contributed by atoms with Crippen LogP contribution >= 0.6 is 24.0 Å². The van der Waals surface area contributed by atoms with Crippen molar-refractivity contribution in [1.29, 1.82) is 0 Å². The van der Waals surface area contributed by atoms with E-state index in [2.05, 4.69) is 27.3 Å². The van der Waals surface area contributed by atoms with Crippen LogP contribution in [0.2, 0.25) is 0 Å². The standard InChI is InChI=1S/C22H30N4O2.HI/c1-27-20-10-6-19(7-11-20)25-22(23)24-13-12-18-4-8-21(9-5-18)28-17-16-26-14-2-3-15-26;/h4-11H,2-3,12-17H2,1H3,(H3,23,24,25);1H. The highest BCUT2D eigenvalue weighted by Gasteiger charge is 2.10. The second kappa shape index (κ2) is 12.5. The molecule has 0 saturated carbocycles. The number of rotatable bonds is 9. The van der Waals surface area contributed by atoms with Crippen molar-refractivity contribution < 1.29 is 9.47 Å². The molecule has 3 N–H and O–H groups in total. The maximum Gasteiger partial charge on any atom is 0.193 e. The summed E-state index contributed by atoms with van der Waals surface area (Å²) < 4.78 is 11.0. The Morgan fingerprint density at radius 1 is 1.03 bits per heavy atom. The Balaban J connectivity index is 0.00000300. The van der Waals surface area contributed by atoms with Gasteiger partial charge in [-0.05, 0) is 74.3 Å². The Morgan fingerprint density at radius 2 is 1.69 bits per heavy atom. The largest absolute Gasteiger partial charge is 0.497 e. The van der Waals surface area contributed by atoms with E-state index in [0.717, 1.165) is 36.8 Å². The molecule has 0 radical (unpaired) electrons. The zero-order valence-electron chi connectivity index (χ0n) is 17.0. The summed E-state index contributed by atoms with van der Waals surface area (Å²) in [4.78, 5) is 6.84. The summed E-state index contributed by atoms with van der Waals surface area (Å²) in [6.07, 6.45) is 3.47. The molecule has 1 heterocycles. The van der Waals surface area contributed by atoms with Gasteiger partial charge in [0.15, 0.2) is 5.96 Å². The maximum atomic E-state index is 5.95. The summed E-state index contributed by atoms with van der Waals surface area (Å²) >= 11 is 0. The molecular weight excluding hydrogens is 479 g/mol. The third kappa shape index (κ3) is 8.10. The molecule has 1 fully saturated rings. The number of halogens is 1. The molecular formula is C22H31IN4O2. The van der Waals surface area contributed by atoms with Gasteiger partial charge in [0.05, 0.1) is 7.11 Å². The van der Waals surface area contributed by atoms with Crippen molar-refractivity contribution in [2.45, 2.75) is 19.3 Å². The minimum absolute atomic E-state index is 0. The monoisotopic (exact) mass is 510 g/mol. The number of ether oxygens (including phenoxy) is 2. The predicted octanol–water partition coefficient (Wildman–Crippen LogP) is 3.76. The zero-order chi connectivity index (χ0) is 19.6. The second-order valence-electron chi connectivity index (χ2n) is 6.91. The number of aliphatic imine (C=N–C) groups is 1. The van der Waals surface area contributed by atoms with Gasteiger partial charge in [-0.2, -0.15) is 0 Å². The Bertz CT molecular complexity index is 744. The Labute approximate surface area is 190 Å². The van der Waals surface area contributed by atoms with Crippen molar-refractivity contribution in [3.05, 3.63) is 54.1 Å². The number of guanidine groups is 1. The van der Waals surface area contributed by atoms with Crippen LogP contribution in [0.1, 0.15) is 18.4 Å². The minimum Gasteiger partial charge on any atom is -0.497 e. The quantitative estimate of drug-likeness (QED) is 0.306. The SMILES string of the molecule is COc1ccc(NC(N)=NCCc2ccc(OCCN3CCCC3)cc2)cc1.I. The van der Waals surface area contributed by atoms with Gasteiger partial charge in [-0.1, -0.05) is 12.1 Å². The first-order chi connectivity index (χ1) is 13.7. The van der Waals surface area contributed by atoms with Crippen molar-refractivity contribution in [2.75, 3.05) is 45.2 Å². The lowest BCUT2D eigenvalue weighted by Crippen LogP contribution is -2.25. The van der Waals surface area contributed by atoms with E-state index in [-0.39, 0.29) is 24.0 Å². The molecule has 6 nitrogen and oxygen atoms in total. The summed E-state index contributed by atoms with van der Waals surface area (Å²) in [5.74, 6) is 2.14. The van der Waals surface area contributed by atoms with Gasteiger partial charge in [0.2, 0.25) is 0 Å². The molecule has 1 aliphatic rings. The fourth-order valence-electron chi connectivity index (χ4n) is 3.22. The molecule has 2 aromatic rings. The van der Waals surface area contributed by atoms with Gasteiger partial charge in [0.1, 0.15) is 18.1 Å². The summed E-state index contributed by atoms with van der Waals surface area (Å²) in [5.41, 5.74) is 8.06. The van der Waals surface area contributed by atoms with E-state index in [1.54, 1.807) is 7.11 Å². The number of anilines is 1. The number of methoxy groups -OCH3 is 1. The third-order valence-corrected chi connectivity index (χ3v) is 4.84. The molecule has 29 heavy (non-hydrogen) atoms. The van der Waals surface area contributed by atoms with E-state index < -0.39 is 0 Å². The topological polar surface area (TPSA) is 72.1 Å². The fraction of sp³-hybridized carbons (Fsp3) is 0.409. The highest BCUT2D eigenvalue weighted by Crippen LogP contribution is 2.15. The number of hydrogen-bond acceptors (Lipinski definition) is 4. The Morgan fingerprint density at radius 3 is 2.34 bits per heavy atom. The average Bonchev–Trinajstić information content (AvgIpc) is 3.23. The lowest BCUT2D eigenvalue weighted by atomic mass is 10.1. The lowest BCUT2D eigenvalue weighted by molar-refractivity contribution is 0.238. The van der Waals surface area contributed by atoms with Crippen LogP contribution in [0.15, 0.2) is 53.5 Å². The molecule has 3 rings (SSSR count). The normalized spacial score (nSPS) is 14.3. The molecule has 0 bridgehead atoms. The predicted molar refractivity (Wildman–Crippen MR) is 130 cm³/mol. The Kier molecular flexibility index (Phi) is 10.1. The number of benzene rings is 2. The fourth-order valence-corrected chi connectivity index (χ4v) is 3.22. The minimum atomic E-state index is 0. The molecule has 158 valence electrons. The third-order valence-electron chi connectivity index (χ3n) is 4.84. The first-order valence-corrected chi connectivity index (χ1v) is 9.88. The number of hydrogen-bond donors (Lipinski definition) is 2. The van der Waals surface area contributed by atoms with Crippen LogP contribution in [0.5, 0.6) is 11.5 Å². The molecule has 0 aliphatic carbocycles. The van der Waals surface area contributed by atoms with Gasteiger partial charge in [0, 0.05) is 18.8 Å². The van der Waals surface area contributed by atoms with Crippen LogP contribution in [-0.2, 0) is 6.42 Å². The molecule has 0 atom stereocenters. The molecule has 7 heteroatoms. The van der Waals surface area contributed by atoms with Gasteiger partial charge in [-0.15, -0.1) is 24.0 Å². The summed E-state index contributed by atoms with van der Waals surface area (Å²) in [7, 11) is 1.64. The molecule has 0 unspecified atom stereocenters. The summed E-state index contributed by atoms with van der Waals surface area (Å²) in [6, 6.07) is 15.8. The van der Waals surface area contributed by atoms with E-state index >= 15 is 0 Å². The van der Waals surface area contributed by atoms with Crippen LogP contribution in [0.4, 0.5) is 5.69 Å². The highest BCUT2D eigenvalue weighted by atomic mass is 127. The van der Waals surface area contributed by atoms with E-state index in [0.29, 0.717) is 12.5 Å². The first kappa shape index (κ1) is 23.3. The van der Waals surface area contributed by atoms with Crippen molar-refractivity contribution >= 4 is 35.6 Å². The van der Waals surface area contributed by atoms with E-state index in [9.17, 15) is 0 Å². The molecule has 0 aromatic heterocycles. The maximum absolute atomic E-state index is 5.95. The van der Waals surface area contributed by atoms with E-state index in [4.69, 9.17) is 15.2 Å². The summed E-state index contributed by atoms with van der Waals surface area (Å²) in [5, 5.41) is 3.08. The van der Waals surface area contributed by atoms with Crippen molar-refractivity contribution in [3.8, 4) is 11.5 Å². The van der Waals surface area contributed by atoms with Crippen LogP contribution in [0.3, 0.4) is 0 Å². The molecule has 2 aromatic carbocycles. The first-order valence-electron chi connectivity index (χ1n) is 9.88. The molecule has 1 saturated heterocycles. The number of likely N-dealkylation sites (tertiary alicyclic amines) is 1. The number of nitrogens with zero attached hydrogens (tertiary/aromatic N) is 2. The molecule has 1 aliphatic heterocycles. The van der Waals surface area contributed by atoms with Crippen molar-refractivity contribution in [3.63, 3.8) is 0 Å². The number of nitrogens with one attached hydrogen (secondary N) is 1. The van der Waals surface area contributed by atoms with E-state index in [1.807, 2.05) is 36.4 Å². The van der Waals surface area contributed by atoms with Crippen molar-refractivity contribution in [1.82, 2.24) is 4.90 Å². The van der Waals surface area contributed by atoms with Crippen LogP contribution in [0, 0.1) is 0 Å².